The summed E-state index contributed by atoms with van der Waals surface area (Å²) in [6, 6.07) is 7.15. The minimum Gasteiger partial charge on any atom is -0.366 e. The summed E-state index contributed by atoms with van der Waals surface area (Å²) in [6.07, 6.45) is 0. The lowest BCUT2D eigenvalue weighted by atomic mass is 10.1. The van der Waals surface area contributed by atoms with E-state index in [4.69, 9.17) is 5.73 Å². The molecule has 1 heterocycles. The van der Waals surface area contributed by atoms with Crippen molar-refractivity contribution in [2.75, 3.05) is 0 Å². The summed E-state index contributed by atoms with van der Waals surface area (Å²) in [5.74, 6) is -0.406. The van der Waals surface area contributed by atoms with E-state index in [2.05, 4.69) is 4.98 Å². The average molecular weight is 218 g/mol. The van der Waals surface area contributed by atoms with Gasteiger partial charge < -0.3 is 5.73 Å². The third kappa shape index (κ3) is 2.05. The number of aryl methyl sites for hydroxylation is 1. The van der Waals surface area contributed by atoms with Gasteiger partial charge in [-0.25, -0.2) is 4.98 Å². The van der Waals surface area contributed by atoms with Crippen molar-refractivity contribution in [1.29, 1.82) is 0 Å². The first-order valence-corrected chi connectivity index (χ1v) is 5.37. The zero-order chi connectivity index (χ0) is 10.8. The standard InChI is InChI=1S/C11H10N2OS/c1-7-6-15-11(13-7)9-4-2-8(3-5-9)10(12)14/h2-6H,1H3,(H2,12,14). The molecule has 3 nitrogen and oxygen atoms in total. The summed E-state index contributed by atoms with van der Waals surface area (Å²) in [7, 11) is 0. The fraction of sp³-hybridized carbons (Fsp3) is 0.0909. The van der Waals surface area contributed by atoms with Crippen molar-refractivity contribution in [3.05, 3.63) is 40.9 Å². The summed E-state index contributed by atoms with van der Waals surface area (Å²) in [5.41, 5.74) is 7.70. The van der Waals surface area contributed by atoms with Gasteiger partial charge in [0.1, 0.15) is 5.01 Å². The highest BCUT2D eigenvalue weighted by atomic mass is 32.1. The number of hydrogen-bond donors (Lipinski definition) is 1. The lowest BCUT2D eigenvalue weighted by Crippen LogP contribution is -2.10. The van der Waals surface area contributed by atoms with Gasteiger partial charge in [-0.15, -0.1) is 11.3 Å². The van der Waals surface area contributed by atoms with E-state index in [9.17, 15) is 4.79 Å². The molecule has 2 N–H and O–H groups in total. The normalized spacial score (nSPS) is 10.2. The molecule has 15 heavy (non-hydrogen) atoms. The number of rotatable bonds is 2. The van der Waals surface area contributed by atoms with Crippen LogP contribution in [0.4, 0.5) is 0 Å². The topological polar surface area (TPSA) is 56.0 Å². The van der Waals surface area contributed by atoms with Gasteiger partial charge in [-0.05, 0) is 19.1 Å². The van der Waals surface area contributed by atoms with E-state index in [0.29, 0.717) is 5.56 Å². The van der Waals surface area contributed by atoms with Gasteiger partial charge in [-0.2, -0.15) is 0 Å². The van der Waals surface area contributed by atoms with Crippen LogP contribution < -0.4 is 5.73 Å². The lowest BCUT2D eigenvalue weighted by molar-refractivity contribution is 0.100. The van der Waals surface area contributed by atoms with E-state index in [-0.39, 0.29) is 0 Å². The number of carbonyl (C=O) groups is 1. The Balaban J connectivity index is 2.35. The van der Waals surface area contributed by atoms with Crippen molar-refractivity contribution in [2.45, 2.75) is 6.92 Å². The molecule has 0 aliphatic heterocycles. The Kier molecular flexibility index (Phi) is 2.51. The monoisotopic (exact) mass is 218 g/mol. The molecule has 0 saturated heterocycles. The molecule has 0 fully saturated rings. The SMILES string of the molecule is Cc1csc(-c2ccc(C(N)=O)cc2)n1. The summed E-state index contributed by atoms with van der Waals surface area (Å²) in [6.45, 7) is 1.96. The summed E-state index contributed by atoms with van der Waals surface area (Å²) in [4.78, 5) is 15.2. The van der Waals surface area contributed by atoms with Crippen LogP contribution in [0.2, 0.25) is 0 Å². The Morgan fingerprint density at radius 1 is 1.33 bits per heavy atom. The predicted molar refractivity (Wildman–Crippen MR) is 60.8 cm³/mol. The zero-order valence-electron chi connectivity index (χ0n) is 8.23. The fourth-order valence-electron chi connectivity index (χ4n) is 1.26. The summed E-state index contributed by atoms with van der Waals surface area (Å²) < 4.78 is 0. The number of aromatic nitrogens is 1. The Bertz CT molecular complexity index is 488. The van der Waals surface area contributed by atoms with Crippen LogP contribution >= 0.6 is 11.3 Å². The molecule has 1 aromatic heterocycles. The molecular weight excluding hydrogens is 208 g/mol. The van der Waals surface area contributed by atoms with E-state index < -0.39 is 5.91 Å². The van der Waals surface area contributed by atoms with Gasteiger partial charge in [0.15, 0.2) is 0 Å². The van der Waals surface area contributed by atoms with Gasteiger partial charge in [0.2, 0.25) is 5.91 Å². The molecule has 0 bridgehead atoms. The molecule has 4 heteroatoms. The molecule has 2 aromatic rings. The van der Waals surface area contributed by atoms with E-state index in [1.54, 1.807) is 23.5 Å². The van der Waals surface area contributed by atoms with Crippen molar-refractivity contribution < 1.29 is 4.79 Å². The molecule has 0 aliphatic carbocycles. The Morgan fingerprint density at radius 3 is 2.47 bits per heavy atom. The average Bonchev–Trinajstić information content (AvgIpc) is 2.65. The smallest absolute Gasteiger partial charge is 0.248 e. The van der Waals surface area contributed by atoms with Crippen LogP contribution in [-0.2, 0) is 0 Å². The third-order valence-electron chi connectivity index (χ3n) is 2.04. The van der Waals surface area contributed by atoms with E-state index >= 15 is 0 Å². The lowest BCUT2D eigenvalue weighted by Gasteiger charge is -1.97. The van der Waals surface area contributed by atoms with Crippen molar-refractivity contribution in [3.8, 4) is 10.6 Å². The highest BCUT2D eigenvalue weighted by Crippen LogP contribution is 2.23. The molecule has 0 aliphatic rings. The largest absolute Gasteiger partial charge is 0.366 e. The minimum absolute atomic E-state index is 0.406. The quantitative estimate of drug-likeness (QED) is 0.840. The van der Waals surface area contributed by atoms with E-state index in [0.717, 1.165) is 16.3 Å². The molecule has 1 amide bonds. The third-order valence-corrected chi connectivity index (χ3v) is 3.04. The van der Waals surface area contributed by atoms with Crippen molar-refractivity contribution in [1.82, 2.24) is 4.98 Å². The van der Waals surface area contributed by atoms with Crippen molar-refractivity contribution >= 4 is 17.2 Å². The molecule has 0 atom stereocenters. The molecular formula is C11H10N2OS. The maximum atomic E-state index is 10.9. The molecule has 2 rings (SSSR count). The van der Waals surface area contributed by atoms with E-state index in [1.165, 1.54) is 0 Å². The van der Waals surface area contributed by atoms with Crippen LogP contribution in [0.15, 0.2) is 29.6 Å². The number of nitrogens with zero attached hydrogens (tertiary/aromatic N) is 1. The fourth-order valence-corrected chi connectivity index (χ4v) is 2.07. The Hall–Kier alpha value is -1.68. The van der Waals surface area contributed by atoms with Crippen LogP contribution in [-0.4, -0.2) is 10.9 Å². The molecule has 0 radical (unpaired) electrons. The van der Waals surface area contributed by atoms with Crippen LogP contribution in [0.3, 0.4) is 0 Å². The number of hydrogen-bond acceptors (Lipinski definition) is 3. The second kappa shape index (κ2) is 3.82. The summed E-state index contributed by atoms with van der Waals surface area (Å²) >= 11 is 1.59. The van der Waals surface area contributed by atoms with Gasteiger partial charge in [0, 0.05) is 22.2 Å². The highest BCUT2D eigenvalue weighted by molar-refractivity contribution is 7.13. The van der Waals surface area contributed by atoms with Crippen molar-refractivity contribution in [2.24, 2.45) is 5.73 Å². The summed E-state index contributed by atoms with van der Waals surface area (Å²) in [5, 5.41) is 2.96. The first-order valence-electron chi connectivity index (χ1n) is 4.49. The number of benzene rings is 1. The number of thiazole rings is 1. The predicted octanol–water partition coefficient (Wildman–Crippen LogP) is 2.22. The maximum Gasteiger partial charge on any atom is 0.248 e. The number of primary amides is 1. The molecule has 1 aromatic carbocycles. The Labute approximate surface area is 91.6 Å². The van der Waals surface area contributed by atoms with Crippen LogP contribution in [0.1, 0.15) is 16.1 Å². The highest BCUT2D eigenvalue weighted by Gasteiger charge is 2.04. The molecule has 0 unspecified atom stereocenters. The van der Waals surface area contributed by atoms with Gasteiger partial charge >= 0.3 is 0 Å². The first-order chi connectivity index (χ1) is 7.16. The second-order valence-electron chi connectivity index (χ2n) is 3.24. The van der Waals surface area contributed by atoms with Gasteiger partial charge in [0.25, 0.3) is 0 Å². The number of carbonyl (C=O) groups excluding carboxylic acids is 1. The van der Waals surface area contributed by atoms with Crippen molar-refractivity contribution in [3.63, 3.8) is 0 Å². The maximum absolute atomic E-state index is 10.9. The Morgan fingerprint density at radius 2 is 2.00 bits per heavy atom. The zero-order valence-corrected chi connectivity index (χ0v) is 9.04. The number of nitrogens with two attached hydrogens (primary N) is 1. The van der Waals surface area contributed by atoms with Gasteiger partial charge in [-0.3, -0.25) is 4.79 Å². The molecule has 76 valence electrons. The van der Waals surface area contributed by atoms with Crippen LogP contribution in [0, 0.1) is 6.92 Å². The molecule has 0 saturated carbocycles. The van der Waals surface area contributed by atoms with Crippen LogP contribution in [0.5, 0.6) is 0 Å². The van der Waals surface area contributed by atoms with Gasteiger partial charge in [-0.1, -0.05) is 12.1 Å². The second-order valence-corrected chi connectivity index (χ2v) is 4.09. The van der Waals surface area contributed by atoms with Gasteiger partial charge in [0.05, 0.1) is 0 Å². The van der Waals surface area contributed by atoms with Crippen LogP contribution in [0.25, 0.3) is 10.6 Å². The molecule has 0 spiro atoms. The first kappa shape index (κ1) is 9.86. The minimum atomic E-state index is -0.406. The van der Waals surface area contributed by atoms with E-state index in [1.807, 2.05) is 24.4 Å². The number of amides is 1.